The smallest absolute Gasteiger partial charge is 0.244 e. The largest absolute Gasteiger partial charge is 0.493 e. The van der Waals surface area contributed by atoms with Crippen LogP contribution < -0.4 is 10.1 Å². The molecule has 5 aromatic rings. The molecule has 5 heteroatoms. The first-order valence-corrected chi connectivity index (χ1v) is 11.7. The van der Waals surface area contributed by atoms with Crippen LogP contribution in [-0.4, -0.2) is 17.5 Å². The van der Waals surface area contributed by atoms with Gasteiger partial charge in [0, 0.05) is 34.9 Å². The number of hydrogen-bond donors (Lipinski definition) is 1. The zero-order valence-electron chi connectivity index (χ0n) is 19.7. The van der Waals surface area contributed by atoms with Gasteiger partial charge < -0.3 is 14.5 Å². The highest BCUT2D eigenvalue weighted by molar-refractivity contribution is 6.06. The van der Waals surface area contributed by atoms with Crippen molar-refractivity contribution in [3.05, 3.63) is 103 Å². The number of nitrogens with one attached hydrogen (secondary N) is 1. The summed E-state index contributed by atoms with van der Waals surface area (Å²) in [7, 11) is 0. The number of amides is 1. The van der Waals surface area contributed by atoms with Gasteiger partial charge >= 0.3 is 0 Å². The molecule has 1 amide bonds. The van der Waals surface area contributed by atoms with Gasteiger partial charge in [-0.1, -0.05) is 48.5 Å². The van der Waals surface area contributed by atoms with Crippen molar-refractivity contribution in [3.63, 3.8) is 0 Å². The third-order valence-corrected chi connectivity index (χ3v) is 6.00. The van der Waals surface area contributed by atoms with E-state index in [9.17, 15) is 4.79 Å². The number of furan rings is 1. The number of rotatable bonds is 7. The van der Waals surface area contributed by atoms with E-state index in [-0.39, 0.29) is 5.91 Å². The highest BCUT2D eigenvalue weighted by Gasteiger charge is 2.16. The number of carbonyl (C=O) groups excluding carboxylic acids is 1. The van der Waals surface area contributed by atoms with Gasteiger partial charge in [0.2, 0.25) is 5.91 Å². The molecule has 0 spiro atoms. The molecule has 0 unspecified atom stereocenters. The second-order valence-corrected chi connectivity index (χ2v) is 8.32. The van der Waals surface area contributed by atoms with Gasteiger partial charge in [-0.15, -0.1) is 0 Å². The SMILES string of the molecule is CCOc1cc2occ(-c3cccc4ccccc34)c2cc1/C(C)=C/C(=O)NCc1ccccn1. The summed E-state index contributed by atoms with van der Waals surface area (Å²) in [5.41, 5.74) is 5.32. The van der Waals surface area contributed by atoms with Gasteiger partial charge in [-0.2, -0.15) is 0 Å². The van der Waals surface area contributed by atoms with Gasteiger partial charge in [0.15, 0.2) is 0 Å². The fourth-order valence-corrected chi connectivity index (χ4v) is 4.31. The van der Waals surface area contributed by atoms with Crippen molar-refractivity contribution in [2.24, 2.45) is 0 Å². The van der Waals surface area contributed by atoms with Crippen molar-refractivity contribution < 1.29 is 13.9 Å². The summed E-state index contributed by atoms with van der Waals surface area (Å²) in [6, 6.07) is 24.2. The molecule has 2 heterocycles. The topological polar surface area (TPSA) is 64.4 Å². The lowest BCUT2D eigenvalue weighted by Crippen LogP contribution is -2.21. The maximum atomic E-state index is 12.6. The van der Waals surface area contributed by atoms with E-state index in [1.54, 1.807) is 18.5 Å². The molecule has 5 rings (SSSR count). The lowest BCUT2D eigenvalue weighted by atomic mass is 9.96. The minimum Gasteiger partial charge on any atom is -0.493 e. The van der Waals surface area contributed by atoms with E-state index in [1.165, 1.54) is 5.39 Å². The average Bonchev–Trinajstić information content (AvgIpc) is 3.30. The zero-order valence-corrected chi connectivity index (χ0v) is 19.7. The number of aromatic nitrogens is 1. The molecule has 174 valence electrons. The minimum atomic E-state index is -0.183. The number of fused-ring (bicyclic) bond motifs is 2. The molecule has 5 nitrogen and oxygen atoms in total. The Morgan fingerprint density at radius 1 is 1.00 bits per heavy atom. The number of benzene rings is 3. The van der Waals surface area contributed by atoms with Gasteiger partial charge in [-0.05, 0) is 54.0 Å². The highest BCUT2D eigenvalue weighted by Crippen LogP contribution is 2.39. The first kappa shape index (κ1) is 22.4. The van der Waals surface area contributed by atoms with Gasteiger partial charge in [0.05, 0.1) is 25.1 Å². The summed E-state index contributed by atoms with van der Waals surface area (Å²) >= 11 is 0. The van der Waals surface area contributed by atoms with Gasteiger partial charge in [0.25, 0.3) is 0 Å². The molecule has 1 N–H and O–H groups in total. The van der Waals surface area contributed by atoms with E-state index in [4.69, 9.17) is 9.15 Å². The maximum Gasteiger partial charge on any atom is 0.244 e. The zero-order chi connectivity index (χ0) is 24.2. The molecule has 0 saturated heterocycles. The van der Waals surface area contributed by atoms with Gasteiger partial charge in [-0.25, -0.2) is 0 Å². The van der Waals surface area contributed by atoms with Crippen LogP contribution in [0.4, 0.5) is 0 Å². The molecule has 0 bridgehead atoms. The Morgan fingerprint density at radius 3 is 2.66 bits per heavy atom. The molecule has 3 aromatic carbocycles. The van der Waals surface area contributed by atoms with E-state index in [0.717, 1.165) is 44.3 Å². The maximum absolute atomic E-state index is 12.6. The number of hydrogen-bond acceptors (Lipinski definition) is 4. The number of pyridine rings is 1. The third kappa shape index (κ3) is 4.66. The molecule has 2 aromatic heterocycles. The summed E-state index contributed by atoms with van der Waals surface area (Å²) < 4.78 is 11.9. The summed E-state index contributed by atoms with van der Waals surface area (Å²) in [6.45, 7) is 4.74. The van der Waals surface area contributed by atoms with Crippen molar-refractivity contribution in [2.45, 2.75) is 20.4 Å². The predicted molar refractivity (Wildman–Crippen MR) is 140 cm³/mol. The van der Waals surface area contributed by atoms with Crippen molar-refractivity contribution in [1.29, 1.82) is 0 Å². The predicted octanol–water partition coefficient (Wildman–Crippen LogP) is 6.77. The van der Waals surface area contributed by atoms with Crippen molar-refractivity contribution in [1.82, 2.24) is 10.3 Å². The third-order valence-electron chi connectivity index (χ3n) is 6.00. The van der Waals surface area contributed by atoms with Crippen molar-refractivity contribution in [3.8, 4) is 16.9 Å². The standard InChI is InChI=1S/C30H26N2O3/c1-3-34-28-17-29-26(27(19-35-29)24-13-8-10-21-9-4-5-12-23(21)24)16-25(28)20(2)15-30(33)32-18-22-11-6-7-14-31-22/h4-17,19H,3,18H2,1-2H3,(H,32,33)/b20-15+. The Kier molecular flexibility index (Phi) is 6.31. The van der Waals surface area contributed by atoms with E-state index in [1.807, 2.05) is 50.2 Å². The van der Waals surface area contributed by atoms with Gasteiger partial charge in [-0.3, -0.25) is 9.78 Å². The Hall–Kier alpha value is -4.38. The van der Waals surface area contributed by atoms with Crippen LogP contribution in [-0.2, 0) is 11.3 Å². The van der Waals surface area contributed by atoms with Crippen LogP contribution in [0.3, 0.4) is 0 Å². The molecule has 0 atom stereocenters. The van der Waals surface area contributed by atoms with Crippen LogP contribution in [0, 0.1) is 0 Å². The van der Waals surface area contributed by atoms with Crippen LogP contribution in [0.5, 0.6) is 5.75 Å². The lowest BCUT2D eigenvalue weighted by molar-refractivity contribution is -0.116. The van der Waals surface area contributed by atoms with Crippen molar-refractivity contribution in [2.75, 3.05) is 6.61 Å². The first-order valence-electron chi connectivity index (χ1n) is 11.7. The lowest BCUT2D eigenvalue weighted by Gasteiger charge is -2.12. The molecule has 0 aliphatic heterocycles. The summed E-state index contributed by atoms with van der Waals surface area (Å²) in [5.74, 6) is 0.502. The summed E-state index contributed by atoms with van der Waals surface area (Å²) in [4.78, 5) is 16.9. The molecule has 0 aliphatic rings. The molecule has 0 fully saturated rings. The Bertz CT molecular complexity index is 1530. The fraction of sp³-hybridized carbons (Fsp3) is 0.133. The average molecular weight is 463 g/mol. The second-order valence-electron chi connectivity index (χ2n) is 8.32. The van der Waals surface area contributed by atoms with Crippen molar-refractivity contribution >= 4 is 33.2 Å². The second kappa shape index (κ2) is 9.85. The summed E-state index contributed by atoms with van der Waals surface area (Å²) in [5, 5.41) is 6.21. The molecular formula is C30H26N2O3. The number of allylic oxidation sites excluding steroid dienone is 1. The van der Waals surface area contributed by atoms with Crippen LogP contribution in [0.15, 0.2) is 95.7 Å². The monoisotopic (exact) mass is 462 g/mol. The molecule has 0 radical (unpaired) electrons. The van der Waals surface area contributed by atoms with Gasteiger partial charge in [0.1, 0.15) is 11.3 Å². The number of ether oxygens (including phenoxy) is 1. The first-order chi connectivity index (χ1) is 17.1. The molecular weight excluding hydrogens is 436 g/mol. The normalized spacial score (nSPS) is 11.7. The Labute approximate surface area is 204 Å². The van der Waals surface area contributed by atoms with E-state index >= 15 is 0 Å². The van der Waals surface area contributed by atoms with Crippen LogP contribution in [0.1, 0.15) is 25.1 Å². The fourth-order valence-electron chi connectivity index (χ4n) is 4.31. The van der Waals surface area contributed by atoms with Crippen LogP contribution >= 0.6 is 0 Å². The molecule has 0 aliphatic carbocycles. The van der Waals surface area contributed by atoms with Crippen LogP contribution in [0.2, 0.25) is 0 Å². The number of nitrogens with zero attached hydrogens (tertiary/aromatic N) is 1. The Balaban J connectivity index is 1.53. The van der Waals surface area contributed by atoms with Crippen LogP contribution in [0.25, 0.3) is 38.4 Å². The highest BCUT2D eigenvalue weighted by atomic mass is 16.5. The molecule has 0 saturated carbocycles. The van der Waals surface area contributed by atoms with E-state index < -0.39 is 0 Å². The quantitative estimate of drug-likeness (QED) is 0.271. The number of carbonyl (C=O) groups is 1. The molecule has 35 heavy (non-hydrogen) atoms. The van der Waals surface area contributed by atoms with E-state index in [0.29, 0.717) is 18.9 Å². The van der Waals surface area contributed by atoms with E-state index in [2.05, 4.69) is 46.7 Å². The summed E-state index contributed by atoms with van der Waals surface area (Å²) in [6.07, 6.45) is 5.11. The Morgan fingerprint density at radius 2 is 1.83 bits per heavy atom. The minimum absolute atomic E-state index is 0.183.